The molecule has 2 heterocycles. The highest BCUT2D eigenvalue weighted by Crippen LogP contribution is 2.36. The molecule has 2 aliphatic heterocycles. The molecule has 0 unspecified atom stereocenters. The Morgan fingerprint density at radius 1 is 1.30 bits per heavy atom. The number of piperazine rings is 1. The van der Waals surface area contributed by atoms with E-state index in [1.54, 1.807) is 6.92 Å². The maximum absolute atomic E-state index is 12.6. The summed E-state index contributed by atoms with van der Waals surface area (Å²) in [6.07, 6.45) is 0.0272. The molecule has 0 radical (unpaired) electrons. The Kier molecular flexibility index (Phi) is 6.57. The summed E-state index contributed by atoms with van der Waals surface area (Å²) >= 11 is 0. The second kappa shape index (κ2) is 8.97. The number of carbonyl (C=O) groups excluding carboxylic acids is 4. The summed E-state index contributed by atoms with van der Waals surface area (Å²) in [5.41, 5.74) is 7.72. The summed E-state index contributed by atoms with van der Waals surface area (Å²) in [5.74, 6) is -2.53. The van der Waals surface area contributed by atoms with Gasteiger partial charge < -0.3 is 20.3 Å². The number of amides is 3. The van der Waals surface area contributed by atoms with E-state index in [-0.39, 0.29) is 25.9 Å². The number of nitrogens with two attached hydrogens (primary N) is 1. The molecule has 0 aliphatic carbocycles. The van der Waals surface area contributed by atoms with Crippen LogP contribution >= 0.6 is 0 Å². The second-order valence-corrected chi connectivity index (χ2v) is 7.75. The van der Waals surface area contributed by atoms with Crippen LogP contribution in [0.5, 0.6) is 5.75 Å². The number of imide groups is 1. The highest BCUT2D eigenvalue weighted by Gasteiger charge is 2.39. The highest BCUT2D eigenvalue weighted by atomic mass is 16.5. The Bertz CT molecular complexity index is 876. The van der Waals surface area contributed by atoms with Crippen LogP contribution in [0.4, 0.5) is 0 Å². The molecule has 0 aromatic heterocycles. The van der Waals surface area contributed by atoms with Gasteiger partial charge in [0.15, 0.2) is 0 Å². The lowest BCUT2D eigenvalue weighted by Gasteiger charge is -2.32. The number of carbonyl (C=O) groups is 4. The Balaban J connectivity index is 1.58. The number of para-hydroxylation sites is 1. The first-order chi connectivity index (χ1) is 14.2. The van der Waals surface area contributed by atoms with Crippen molar-refractivity contribution in [2.75, 3.05) is 19.6 Å². The standard InChI is InChI=1S/C20H26BN3O6/c1-3-23-7-8-24(20(28)19(23)27)17(26)11-15(22)16(25)10-14-9-13-6-4-5-12(2)18(13)30-21(14)29/h4-6,14-15,29H,3,7-11,22H2,1-2H3/t14-,15-/m1/s1. The van der Waals surface area contributed by atoms with E-state index >= 15 is 0 Å². The molecule has 1 aromatic carbocycles. The zero-order chi connectivity index (χ0) is 22.0. The number of aryl methyl sites for hydroxylation is 1. The molecule has 1 aromatic rings. The van der Waals surface area contributed by atoms with E-state index in [0.717, 1.165) is 16.0 Å². The van der Waals surface area contributed by atoms with Crippen LogP contribution in [-0.4, -0.2) is 71.1 Å². The van der Waals surface area contributed by atoms with Crippen molar-refractivity contribution in [2.45, 2.75) is 45.0 Å². The molecule has 1 saturated heterocycles. The maximum atomic E-state index is 12.6. The van der Waals surface area contributed by atoms with E-state index in [2.05, 4.69) is 0 Å². The van der Waals surface area contributed by atoms with Gasteiger partial charge in [0.05, 0.1) is 6.04 Å². The number of fused-ring (bicyclic) bond motifs is 1. The average Bonchev–Trinajstić information content (AvgIpc) is 2.71. The predicted molar refractivity (Wildman–Crippen MR) is 108 cm³/mol. The molecule has 1 fully saturated rings. The van der Waals surface area contributed by atoms with Crippen molar-refractivity contribution in [3.05, 3.63) is 29.3 Å². The molecule has 30 heavy (non-hydrogen) atoms. The minimum atomic E-state index is -1.15. The predicted octanol–water partition coefficient (Wildman–Crippen LogP) is -0.325. The molecular formula is C20H26BN3O6. The van der Waals surface area contributed by atoms with Gasteiger partial charge in [0, 0.05) is 38.3 Å². The van der Waals surface area contributed by atoms with Crippen LogP contribution in [0.25, 0.3) is 0 Å². The van der Waals surface area contributed by atoms with Crippen LogP contribution in [0.3, 0.4) is 0 Å². The van der Waals surface area contributed by atoms with E-state index in [0.29, 0.717) is 18.7 Å². The van der Waals surface area contributed by atoms with Gasteiger partial charge in [-0.15, -0.1) is 0 Å². The van der Waals surface area contributed by atoms with E-state index in [1.807, 2.05) is 25.1 Å². The highest BCUT2D eigenvalue weighted by molar-refractivity contribution is 6.46. The van der Waals surface area contributed by atoms with Crippen molar-refractivity contribution >= 4 is 30.6 Å². The van der Waals surface area contributed by atoms with Gasteiger partial charge in [0.25, 0.3) is 0 Å². The zero-order valence-corrected chi connectivity index (χ0v) is 17.2. The molecule has 0 saturated carbocycles. The third kappa shape index (κ3) is 4.39. The van der Waals surface area contributed by atoms with Crippen molar-refractivity contribution in [3.8, 4) is 5.75 Å². The molecule has 2 aliphatic rings. The molecule has 3 N–H and O–H groups in total. The number of ketones is 1. The fourth-order valence-electron chi connectivity index (χ4n) is 3.85. The molecule has 2 atom stereocenters. The van der Waals surface area contributed by atoms with Crippen molar-refractivity contribution in [1.29, 1.82) is 0 Å². The quantitative estimate of drug-likeness (QED) is 0.481. The Hall–Kier alpha value is -2.72. The van der Waals surface area contributed by atoms with Gasteiger partial charge in [-0.05, 0) is 31.4 Å². The van der Waals surface area contributed by atoms with Gasteiger partial charge >= 0.3 is 18.9 Å². The largest absolute Gasteiger partial charge is 0.536 e. The minimum absolute atomic E-state index is 0.0561. The summed E-state index contributed by atoms with van der Waals surface area (Å²) in [4.78, 5) is 51.3. The lowest BCUT2D eigenvalue weighted by molar-refractivity contribution is -0.161. The molecule has 9 nitrogen and oxygen atoms in total. The van der Waals surface area contributed by atoms with Crippen LogP contribution in [0.15, 0.2) is 18.2 Å². The van der Waals surface area contributed by atoms with Crippen LogP contribution in [0.1, 0.15) is 30.9 Å². The molecule has 160 valence electrons. The lowest BCUT2D eigenvalue weighted by Crippen LogP contribution is -2.56. The van der Waals surface area contributed by atoms with Crippen LogP contribution in [0.2, 0.25) is 5.82 Å². The lowest BCUT2D eigenvalue weighted by atomic mass is 9.64. The van der Waals surface area contributed by atoms with E-state index in [9.17, 15) is 24.2 Å². The van der Waals surface area contributed by atoms with Gasteiger partial charge in [-0.25, -0.2) is 0 Å². The number of nitrogens with zero attached hydrogens (tertiary/aromatic N) is 2. The van der Waals surface area contributed by atoms with E-state index < -0.39 is 42.5 Å². The van der Waals surface area contributed by atoms with Gasteiger partial charge in [-0.3, -0.25) is 24.1 Å². The number of hydrogen-bond donors (Lipinski definition) is 2. The maximum Gasteiger partial charge on any atom is 0.526 e. The van der Waals surface area contributed by atoms with Crippen molar-refractivity contribution in [3.63, 3.8) is 0 Å². The first-order valence-corrected chi connectivity index (χ1v) is 10.1. The van der Waals surface area contributed by atoms with Crippen LogP contribution in [-0.2, 0) is 25.6 Å². The Morgan fingerprint density at radius 3 is 2.73 bits per heavy atom. The van der Waals surface area contributed by atoms with Gasteiger partial charge in [-0.2, -0.15) is 0 Å². The zero-order valence-electron chi connectivity index (χ0n) is 17.2. The molecule has 10 heteroatoms. The Labute approximate surface area is 175 Å². The van der Waals surface area contributed by atoms with Crippen molar-refractivity contribution in [1.82, 2.24) is 9.80 Å². The first-order valence-electron chi connectivity index (χ1n) is 10.1. The molecule has 3 amide bonds. The minimum Gasteiger partial charge on any atom is -0.536 e. The SMILES string of the molecule is CCN1CCN(C(=O)C[C@@H](N)C(=O)C[C@H]2Cc3cccc(C)c3OB2O)C(=O)C1=O. The monoisotopic (exact) mass is 415 g/mol. The third-order valence-electron chi connectivity index (χ3n) is 5.68. The van der Waals surface area contributed by atoms with Gasteiger partial charge in [-0.1, -0.05) is 18.2 Å². The first kappa shape index (κ1) is 22.0. The molecule has 0 bridgehead atoms. The smallest absolute Gasteiger partial charge is 0.526 e. The number of hydrogen-bond acceptors (Lipinski definition) is 7. The molecule has 0 spiro atoms. The van der Waals surface area contributed by atoms with Crippen molar-refractivity contribution < 1.29 is 28.9 Å². The summed E-state index contributed by atoms with van der Waals surface area (Å²) < 4.78 is 5.58. The fraction of sp³-hybridized carbons (Fsp3) is 0.500. The normalized spacial score (nSPS) is 20.0. The summed E-state index contributed by atoms with van der Waals surface area (Å²) in [5, 5.41) is 10.3. The van der Waals surface area contributed by atoms with Gasteiger partial charge in [0.1, 0.15) is 11.5 Å². The summed E-state index contributed by atoms with van der Waals surface area (Å²) in [6, 6.07) is 4.52. The number of likely N-dealkylation sites (N-methyl/N-ethyl adjacent to an activating group) is 1. The number of benzene rings is 1. The third-order valence-corrected chi connectivity index (χ3v) is 5.68. The van der Waals surface area contributed by atoms with Crippen LogP contribution in [0, 0.1) is 6.92 Å². The van der Waals surface area contributed by atoms with E-state index in [1.165, 1.54) is 4.90 Å². The molecular weight excluding hydrogens is 389 g/mol. The summed E-state index contributed by atoms with van der Waals surface area (Å²) in [6.45, 7) is 4.37. The van der Waals surface area contributed by atoms with Crippen molar-refractivity contribution in [2.24, 2.45) is 5.73 Å². The summed E-state index contributed by atoms with van der Waals surface area (Å²) in [7, 11) is -1.15. The Morgan fingerprint density at radius 2 is 2.03 bits per heavy atom. The number of Topliss-reactive ketones (excluding diaryl/α,β-unsaturated/α-hetero) is 1. The fourth-order valence-corrected chi connectivity index (χ4v) is 3.85. The topological polar surface area (TPSA) is 130 Å². The number of rotatable bonds is 6. The van der Waals surface area contributed by atoms with E-state index in [4.69, 9.17) is 10.4 Å². The van der Waals surface area contributed by atoms with Gasteiger partial charge in [0.2, 0.25) is 5.91 Å². The average molecular weight is 415 g/mol. The second-order valence-electron chi connectivity index (χ2n) is 7.75. The molecule has 3 rings (SSSR count). The van der Waals surface area contributed by atoms with Crippen LogP contribution < -0.4 is 10.4 Å².